The van der Waals surface area contributed by atoms with Gasteiger partial charge >= 0.3 is 0 Å². The highest BCUT2D eigenvalue weighted by molar-refractivity contribution is 7.01. The van der Waals surface area contributed by atoms with Crippen LogP contribution in [0.15, 0.2) is 212 Å². The van der Waals surface area contributed by atoms with Crippen molar-refractivity contribution in [1.29, 1.82) is 0 Å². The molecule has 0 saturated carbocycles. The van der Waals surface area contributed by atoms with E-state index in [2.05, 4.69) is 275 Å². The number of hydrogen-bond donors (Lipinski definition) is 0. The van der Waals surface area contributed by atoms with E-state index in [9.17, 15) is 0 Å². The van der Waals surface area contributed by atoms with Crippen molar-refractivity contribution in [2.75, 3.05) is 9.80 Å². The largest absolute Gasteiger partial charge is 0.311 e. The maximum absolute atomic E-state index is 2.66. The van der Waals surface area contributed by atoms with Crippen molar-refractivity contribution < 1.29 is 0 Å². The van der Waals surface area contributed by atoms with Gasteiger partial charge in [-0.15, -0.1) is 0 Å². The van der Waals surface area contributed by atoms with Crippen LogP contribution in [-0.4, -0.2) is 11.3 Å². The predicted octanol–water partition coefficient (Wildman–Crippen LogP) is 17.1. The van der Waals surface area contributed by atoms with Gasteiger partial charge in [0.2, 0.25) is 0 Å². The molecule has 3 nitrogen and oxygen atoms in total. The van der Waals surface area contributed by atoms with Crippen LogP contribution in [0.5, 0.6) is 0 Å². The molecule has 0 fully saturated rings. The summed E-state index contributed by atoms with van der Waals surface area (Å²) in [6, 6.07) is 81.4. The normalized spacial score (nSPS) is 15.2. The molecule has 4 aliphatic rings. The maximum atomic E-state index is 2.66. The van der Waals surface area contributed by atoms with Gasteiger partial charge in [-0.2, -0.15) is 0 Å². The molecule has 0 spiro atoms. The minimum absolute atomic E-state index is 0.0793. The van der Waals surface area contributed by atoms with Crippen LogP contribution in [0.2, 0.25) is 0 Å². The first-order chi connectivity index (χ1) is 36.9. The predicted molar refractivity (Wildman–Crippen MR) is 324 cm³/mol. The van der Waals surface area contributed by atoms with Gasteiger partial charge in [-0.25, -0.2) is 0 Å². The summed E-state index contributed by atoms with van der Waals surface area (Å²) < 4.78 is 2.66. The molecule has 0 atom stereocenters. The van der Waals surface area contributed by atoms with E-state index >= 15 is 0 Å². The van der Waals surface area contributed by atoms with Gasteiger partial charge in [0.1, 0.15) is 0 Å². The lowest BCUT2D eigenvalue weighted by molar-refractivity contribution is 0.591. The zero-order valence-corrected chi connectivity index (χ0v) is 44.1. The van der Waals surface area contributed by atoms with Crippen LogP contribution >= 0.6 is 0 Å². The molecule has 12 aromatic rings. The van der Waals surface area contributed by atoms with E-state index in [1.807, 2.05) is 0 Å². The monoisotopic (exact) mass is 973 g/mol. The molecule has 0 unspecified atom stereocenters. The minimum atomic E-state index is -0.352. The van der Waals surface area contributed by atoms with E-state index in [1.54, 1.807) is 0 Å². The molecule has 0 bridgehead atoms. The van der Waals surface area contributed by atoms with Crippen molar-refractivity contribution in [2.24, 2.45) is 0 Å². The Bertz CT molecular complexity index is 4540. The molecule has 1 aromatic heterocycles. The molecule has 11 aromatic carbocycles. The Morgan fingerprint density at radius 1 is 0.382 bits per heavy atom. The number of aromatic nitrogens is 1. The lowest BCUT2D eigenvalue weighted by Gasteiger charge is -2.45. The average Bonchev–Trinajstić information content (AvgIpc) is 3.89. The lowest BCUT2D eigenvalue weighted by atomic mass is 9.32. The van der Waals surface area contributed by atoms with Gasteiger partial charge in [0.25, 0.3) is 6.71 Å². The van der Waals surface area contributed by atoms with E-state index in [0.29, 0.717) is 0 Å². The third kappa shape index (κ3) is 5.74. The molecule has 0 amide bonds. The van der Waals surface area contributed by atoms with Gasteiger partial charge in [0, 0.05) is 55.7 Å². The summed E-state index contributed by atoms with van der Waals surface area (Å²) in [6.07, 6.45) is 0. The Morgan fingerprint density at radius 2 is 0.974 bits per heavy atom. The van der Waals surface area contributed by atoms with Crippen molar-refractivity contribution in [1.82, 2.24) is 4.57 Å². The van der Waals surface area contributed by atoms with Crippen LogP contribution < -0.4 is 26.2 Å². The number of anilines is 6. The van der Waals surface area contributed by atoms with Crippen molar-refractivity contribution in [3.8, 4) is 27.9 Å². The molecule has 16 rings (SSSR count). The standard InChI is InChI=1S/C72H56BN3/c1-70(2,3)47-33-36-60-58(39-47)73-68-61(74(60)48-34-31-43-19-8-10-21-45(43)37-48)29-18-30-62(68)75(49-35-32-44-20-9-11-22-46(44)38-49)65-42-64(67-66(69(65)73)52-25-13-16-27-56(52)72(67,6)7)76-59-28-17-14-24-51(59)54-40-57-53(41-63(54)76)50-23-12-15-26-55(50)71(57,4)5/h8-42H,1-7H3. The molecule has 0 saturated heterocycles. The average molecular weight is 974 g/mol. The highest BCUT2D eigenvalue weighted by Crippen LogP contribution is 2.57. The summed E-state index contributed by atoms with van der Waals surface area (Å²) in [5.74, 6) is 0. The highest BCUT2D eigenvalue weighted by atomic mass is 15.2. The number of para-hydroxylation sites is 1. The van der Waals surface area contributed by atoms with Crippen molar-refractivity contribution in [2.45, 2.75) is 64.7 Å². The first kappa shape index (κ1) is 43.8. The van der Waals surface area contributed by atoms with Crippen LogP contribution in [0.4, 0.5) is 34.1 Å². The molecular formula is C72H56BN3. The van der Waals surface area contributed by atoms with Gasteiger partial charge in [-0.05, 0) is 160 Å². The molecule has 4 heteroatoms. The molecule has 0 N–H and O–H groups in total. The lowest BCUT2D eigenvalue weighted by Crippen LogP contribution is -2.62. The van der Waals surface area contributed by atoms with Gasteiger partial charge in [-0.3, -0.25) is 0 Å². The van der Waals surface area contributed by atoms with Gasteiger partial charge < -0.3 is 14.4 Å². The number of fused-ring (bicyclic) bond motifs is 16. The maximum Gasteiger partial charge on any atom is 0.252 e. The molecular weight excluding hydrogens is 918 g/mol. The van der Waals surface area contributed by atoms with E-state index in [0.717, 1.165) is 11.4 Å². The van der Waals surface area contributed by atoms with Crippen LogP contribution in [0.3, 0.4) is 0 Å². The van der Waals surface area contributed by atoms with Crippen molar-refractivity contribution >= 4 is 101 Å². The summed E-state index contributed by atoms with van der Waals surface area (Å²) in [5.41, 5.74) is 26.6. The summed E-state index contributed by atoms with van der Waals surface area (Å²) >= 11 is 0. The SMILES string of the molecule is CC(C)(C)c1ccc2c(c1)B1c3c(cccc3N(c3ccc4ccccc4c3)c3cc(-n4c5ccccc5c5cc6c(cc54)-c4ccccc4C6(C)C)c4c(c31)-c1ccccc1C4(C)C)N2c1ccc2ccccc2c1. The fourth-order valence-electron chi connectivity index (χ4n) is 14.6. The van der Waals surface area contributed by atoms with E-state index in [1.165, 1.54) is 138 Å². The zero-order valence-electron chi connectivity index (χ0n) is 44.1. The smallest absolute Gasteiger partial charge is 0.252 e. The molecule has 362 valence electrons. The van der Waals surface area contributed by atoms with E-state index < -0.39 is 0 Å². The second-order valence-electron chi connectivity index (χ2n) is 24.1. The number of rotatable bonds is 3. The van der Waals surface area contributed by atoms with E-state index in [-0.39, 0.29) is 23.0 Å². The fourth-order valence-corrected chi connectivity index (χ4v) is 14.6. The second-order valence-corrected chi connectivity index (χ2v) is 24.1. The van der Waals surface area contributed by atoms with E-state index in [4.69, 9.17) is 0 Å². The van der Waals surface area contributed by atoms with Crippen LogP contribution in [0.1, 0.15) is 76.3 Å². The Hall–Kier alpha value is -8.60. The van der Waals surface area contributed by atoms with Crippen molar-refractivity contribution in [3.63, 3.8) is 0 Å². The molecule has 2 aliphatic heterocycles. The third-order valence-electron chi connectivity index (χ3n) is 18.2. The van der Waals surface area contributed by atoms with Crippen LogP contribution in [0.25, 0.3) is 71.3 Å². The quantitative estimate of drug-likeness (QED) is 0.164. The summed E-state index contributed by atoms with van der Waals surface area (Å²) in [5, 5.41) is 7.49. The number of benzene rings is 11. The van der Waals surface area contributed by atoms with Gasteiger partial charge in [0.05, 0.1) is 16.7 Å². The number of nitrogens with zero attached hydrogens (tertiary/aromatic N) is 3. The topological polar surface area (TPSA) is 11.4 Å². The zero-order chi connectivity index (χ0) is 51.1. The Morgan fingerprint density at radius 3 is 1.66 bits per heavy atom. The van der Waals surface area contributed by atoms with Crippen LogP contribution in [0, 0.1) is 0 Å². The van der Waals surface area contributed by atoms with Gasteiger partial charge in [-0.1, -0.05) is 194 Å². The summed E-state index contributed by atoms with van der Waals surface area (Å²) in [7, 11) is 0. The Kier molecular flexibility index (Phi) is 8.67. The summed E-state index contributed by atoms with van der Waals surface area (Å²) in [4.78, 5) is 5.20. The highest BCUT2D eigenvalue weighted by Gasteiger charge is 2.50. The minimum Gasteiger partial charge on any atom is -0.311 e. The number of hydrogen-bond acceptors (Lipinski definition) is 2. The molecule has 2 aliphatic carbocycles. The molecule has 0 radical (unpaired) electrons. The Balaban J connectivity index is 1.08. The molecule has 76 heavy (non-hydrogen) atoms. The third-order valence-corrected chi connectivity index (χ3v) is 18.2. The first-order valence-corrected chi connectivity index (χ1v) is 27.2. The first-order valence-electron chi connectivity index (χ1n) is 27.2. The van der Waals surface area contributed by atoms with Crippen molar-refractivity contribution in [3.05, 3.63) is 240 Å². The summed E-state index contributed by atoms with van der Waals surface area (Å²) in [6.45, 7) is 16.8. The fraction of sp³-hybridized carbons (Fsp3) is 0.139. The second kappa shape index (κ2) is 15.0. The molecule has 3 heterocycles. The van der Waals surface area contributed by atoms with Crippen LogP contribution in [-0.2, 0) is 16.2 Å². The van der Waals surface area contributed by atoms with Gasteiger partial charge in [0.15, 0.2) is 0 Å². The Labute approximate surface area is 445 Å².